The summed E-state index contributed by atoms with van der Waals surface area (Å²) in [5, 5.41) is 1.54. The zero-order chi connectivity index (χ0) is 10.5. The van der Waals surface area contributed by atoms with E-state index < -0.39 is 6.49 Å². The van der Waals surface area contributed by atoms with E-state index in [9.17, 15) is 4.57 Å². The molecule has 0 fully saturated rings. The molecule has 0 aliphatic rings. The van der Waals surface area contributed by atoms with E-state index >= 15 is 0 Å². The lowest BCUT2D eigenvalue weighted by molar-refractivity contribution is 0.583. The maximum Gasteiger partial charge on any atom is 0.171 e. The minimum atomic E-state index is -2.52. The van der Waals surface area contributed by atoms with Gasteiger partial charge in [-0.1, -0.05) is 75.0 Å². The number of alkyl halides is 4. The van der Waals surface area contributed by atoms with Crippen molar-refractivity contribution in [3.05, 3.63) is 0 Å². The van der Waals surface area contributed by atoms with E-state index in [-0.39, 0.29) is 9.65 Å². The normalized spacial score (nSPS) is 20.7. The molecule has 0 amide bonds. The van der Waals surface area contributed by atoms with Crippen LogP contribution in [0.2, 0.25) is 0 Å². The van der Waals surface area contributed by atoms with Crippen LogP contribution in [0.1, 0.15) is 0 Å². The summed E-state index contributed by atoms with van der Waals surface area (Å²) in [7, 11) is 0. The standard InChI is InChI=1S/C6H10Br4ClOP/c7-1-5(9)3-13(11,12)4-6(10)2-8/h5-6H,1-4H2. The average Bonchev–Trinajstić information content (AvgIpc) is 2.02. The smallest absolute Gasteiger partial charge is 0.171 e. The van der Waals surface area contributed by atoms with Gasteiger partial charge in [-0.15, -0.1) is 0 Å². The molecule has 0 aromatic heterocycles. The van der Waals surface area contributed by atoms with Crippen molar-refractivity contribution >= 4 is 81.5 Å². The largest absolute Gasteiger partial charge is 0.307 e. The molecule has 80 valence electrons. The fourth-order valence-electron chi connectivity index (χ4n) is 0.764. The lowest BCUT2D eigenvalue weighted by atomic mass is 10.6. The van der Waals surface area contributed by atoms with Crippen LogP contribution < -0.4 is 0 Å². The summed E-state index contributed by atoms with van der Waals surface area (Å²) in [5.41, 5.74) is 0. The van der Waals surface area contributed by atoms with Gasteiger partial charge in [-0.3, -0.25) is 0 Å². The van der Waals surface area contributed by atoms with E-state index in [0.717, 1.165) is 10.7 Å². The molecular formula is C6H10Br4ClOP. The topological polar surface area (TPSA) is 17.1 Å². The first-order valence-corrected chi connectivity index (χ1v) is 10.6. The molecule has 2 unspecified atom stereocenters. The summed E-state index contributed by atoms with van der Waals surface area (Å²) in [4.78, 5) is 0.372. The summed E-state index contributed by atoms with van der Waals surface area (Å²) in [6.07, 6.45) is 1.05. The first-order chi connectivity index (χ1) is 5.91. The van der Waals surface area contributed by atoms with Crippen LogP contribution in [0, 0.1) is 0 Å². The summed E-state index contributed by atoms with van der Waals surface area (Å²) >= 11 is 19.3. The predicted octanol–water partition coefficient (Wildman–Crippen LogP) is 4.82. The summed E-state index contributed by atoms with van der Waals surface area (Å²) in [5.74, 6) is 0. The third kappa shape index (κ3) is 8.27. The summed E-state index contributed by atoms with van der Waals surface area (Å²) in [6.45, 7) is -2.52. The molecule has 2 atom stereocenters. The van der Waals surface area contributed by atoms with Crippen molar-refractivity contribution in [1.29, 1.82) is 0 Å². The lowest BCUT2D eigenvalue weighted by Gasteiger charge is -2.15. The molecule has 0 aliphatic heterocycles. The molecule has 0 N–H and O–H groups in total. The molecule has 0 radical (unpaired) electrons. The van der Waals surface area contributed by atoms with E-state index in [0.29, 0.717) is 12.3 Å². The minimum absolute atomic E-state index is 0.186. The number of hydrogen-bond acceptors (Lipinski definition) is 1. The Morgan fingerprint density at radius 3 is 1.62 bits per heavy atom. The van der Waals surface area contributed by atoms with Gasteiger partial charge in [0.15, 0.2) is 6.49 Å². The number of hydrogen-bond donors (Lipinski definition) is 0. The maximum absolute atomic E-state index is 11.8. The highest BCUT2D eigenvalue weighted by Gasteiger charge is 2.25. The molecule has 1 nitrogen and oxygen atoms in total. The highest BCUT2D eigenvalue weighted by Crippen LogP contribution is 2.53. The van der Waals surface area contributed by atoms with Crippen molar-refractivity contribution in [3.8, 4) is 0 Å². The van der Waals surface area contributed by atoms with Crippen LogP contribution in [0.15, 0.2) is 0 Å². The Morgan fingerprint density at radius 2 is 1.38 bits per heavy atom. The summed E-state index contributed by atoms with van der Waals surface area (Å²) in [6, 6.07) is 0. The Labute approximate surface area is 117 Å². The molecule has 0 spiro atoms. The third-order valence-corrected chi connectivity index (χ3v) is 9.67. The van der Waals surface area contributed by atoms with Crippen LogP contribution in [-0.2, 0) is 4.57 Å². The van der Waals surface area contributed by atoms with Gasteiger partial charge in [-0.25, -0.2) is 0 Å². The first kappa shape index (κ1) is 15.4. The van der Waals surface area contributed by atoms with E-state index in [1.165, 1.54) is 0 Å². The minimum Gasteiger partial charge on any atom is -0.307 e. The van der Waals surface area contributed by atoms with Gasteiger partial charge in [0.25, 0.3) is 0 Å². The molecule has 7 heteroatoms. The second-order valence-electron chi connectivity index (χ2n) is 2.66. The molecule has 13 heavy (non-hydrogen) atoms. The zero-order valence-electron chi connectivity index (χ0n) is 6.73. The van der Waals surface area contributed by atoms with Crippen molar-refractivity contribution in [3.63, 3.8) is 0 Å². The van der Waals surface area contributed by atoms with Crippen molar-refractivity contribution < 1.29 is 4.57 Å². The van der Waals surface area contributed by atoms with Crippen LogP contribution in [0.25, 0.3) is 0 Å². The molecule has 0 heterocycles. The van der Waals surface area contributed by atoms with E-state index in [1.54, 1.807) is 0 Å². The molecular weight excluding hydrogens is 474 g/mol. The molecule has 0 bridgehead atoms. The Bertz CT molecular complexity index is 175. The van der Waals surface area contributed by atoms with Gasteiger partial charge >= 0.3 is 0 Å². The fourth-order valence-corrected chi connectivity index (χ4v) is 8.33. The SMILES string of the molecule is O=P(Cl)(CC(Br)CBr)CC(Br)CBr. The summed E-state index contributed by atoms with van der Waals surface area (Å²) < 4.78 is 11.8. The molecule has 0 aliphatic carbocycles. The van der Waals surface area contributed by atoms with Crippen LogP contribution in [0.3, 0.4) is 0 Å². The second-order valence-corrected chi connectivity index (χ2v) is 10.7. The van der Waals surface area contributed by atoms with E-state index in [4.69, 9.17) is 11.2 Å². The van der Waals surface area contributed by atoms with Gasteiger partial charge in [-0.05, 0) is 0 Å². The third-order valence-electron chi connectivity index (χ3n) is 1.28. The van der Waals surface area contributed by atoms with Gasteiger partial charge in [0.05, 0.1) is 0 Å². The lowest BCUT2D eigenvalue weighted by Crippen LogP contribution is -2.11. The van der Waals surface area contributed by atoms with Crippen LogP contribution >= 0.6 is 81.5 Å². The predicted molar refractivity (Wildman–Crippen MR) is 76.2 cm³/mol. The average molecular weight is 484 g/mol. The van der Waals surface area contributed by atoms with Gasteiger partial charge in [-0.2, -0.15) is 0 Å². The molecule has 0 saturated carbocycles. The Balaban J connectivity index is 4.00. The Kier molecular flexibility index (Phi) is 9.11. The zero-order valence-corrected chi connectivity index (χ0v) is 14.7. The van der Waals surface area contributed by atoms with Crippen molar-refractivity contribution in [2.24, 2.45) is 0 Å². The van der Waals surface area contributed by atoms with Crippen LogP contribution in [0.5, 0.6) is 0 Å². The van der Waals surface area contributed by atoms with Gasteiger partial charge in [0.2, 0.25) is 0 Å². The fraction of sp³-hybridized carbons (Fsp3) is 1.00. The monoisotopic (exact) mass is 480 g/mol. The van der Waals surface area contributed by atoms with E-state index in [1.807, 2.05) is 0 Å². The quantitative estimate of drug-likeness (QED) is 0.391. The number of halogens is 5. The molecule has 0 rings (SSSR count). The molecule has 0 aromatic carbocycles. The molecule has 0 aromatic rings. The van der Waals surface area contributed by atoms with Crippen molar-refractivity contribution in [2.75, 3.05) is 23.0 Å². The van der Waals surface area contributed by atoms with Gasteiger partial charge in [0.1, 0.15) is 0 Å². The van der Waals surface area contributed by atoms with E-state index in [2.05, 4.69) is 63.7 Å². The second kappa shape index (κ2) is 7.67. The van der Waals surface area contributed by atoms with Crippen molar-refractivity contribution in [1.82, 2.24) is 0 Å². The Morgan fingerprint density at radius 1 is 1.08 bits per heavy atom. The van der Waals surface area contributed by atoms with Gasteiger partial charge in [0, 0.05) is 32.6 Å². The molecule has 0 saturated heterocycles. The highest BCUT2D eigenvalue weighted by molar-refractivity contribution is 9.12. The van der Waals surface area contributed by atoms with Gasteiger partial charge < -0.3 is 4.57 Å². The van der Waals surface area contributed by atoms with Crippen LogP contribution in [0.4, 0.5) is 0 Å². The number of rotatable bonds is 6. The van der Waals surface area contributed by atoms with Crippen LogP contribution in [-0.4, -0.2) is 32.6 Å². The Hall–Kier alpha value is 2.44. The first-order valence-electron chi connectivity index (χ1n) is 3.59. The highest BCUT2D eigenvalue weighted by atomic mass is 79.9. The van der Waals surface area contributed by atoms with Crippen molar-refractivity contribution in [2.45, 2.75) is 9.65 Å². The maximum atomic E-state index is 11.8.